The van der Waals surface area contributed by atoms with E-state index in [1.54, 1.807) is 16.0 Å². The Balaban J connectivity index is 1.90. The van der Waals surface area contributed by atoms with Crippen LogP contribution in [-0.4, -0.2) is 21.7 Å². The van der Waals surface area contributed by atoms with Crippen molar-refractivity contribution in [2.45, 2.75) is 39.8 Å². The van der Waals surface area contributed by atoms with Crippen molar-refractivity contribution in [1.29, 1.82) is 0 Å². The summed E-state index contributed by atoms with van der Waals surface area (Å²) in [6, 6.07) is 4.21. The maximum Gasteiger partial charge on any atom is 0.241 e. The number of anilines is 1. The van der Waals surface area contributed by atoms with Gasteiger partial charge in [0.2, 0.25) is 5.91 Å². The van der Waals surface area contributed by atoms with E-state index in [0.29, 0.717) is 5.69 Å². The molecule has 1 unspecified atom stereocenters. The van der Waals surface area contributed by atoms with E-state index in [4.69, 9.17) is 5.73 Å². The predicted octanol–water partition coefficient (Wildman–Crippen LogP) is 1.89. The van der Waals surface area contributed by atoms with Crippen LogP contribution in [0.3, 0.4) is 0 Å². The molecule has 1 amide bonds. The van der Waals surface area contributed by atoms with Crippen molar-refractivity contribution >= 4 is 22.9 Å². The standard InChI is InChI=1S/C14H20N4OS/c1-9(7-12-5-4-6-20-12)16-13(19)8-18-11(3)14(15)10(2)17-18/h4-6,9H,7-8,15H2,1-3H3,(H,16,19). The highest BCUT2D eigenvalue weighted by atomic mass is 32.1. The third kappa shape index (κ3) is 3.39. The van der Waals surface area contributed by atoms with Crippen LogP contribution < -0.4 is 11.1 Å². The first-order chi connectivity index (χ1) is 9.47. The van der Waals surface area contributed by atoms with E-state index in [1.165, 1.54) is 4.88 Å². The van der Waals surface area contributed by atoms with Gasteiger partial charge in [-0.25, -0.2) is 0 Å². The van der Waals surface area contributed by atoms with E-state index in [1.807, 2.05) is 32.2 Å². The molecule has 20 heavy (non-hydrogen) atoms. The second-order valence-electron chi connectivity index (χ2n) is 4.99. The molecule has 0 saturated carbocycles. The van der Waals surface area contributed by atoms with E-state index >= 15 is 0 Å². The van der Waals surface area contributed by atoms with Gasteiger partial charge in [-0.15, -0.1) is 11.3 Å². The van der Waals surface area contributed by atoms with Gasteiger partial charge in [0, 0.05) is 17.3 Å². The molecular formula is C14H20N4OS. The van der Waals surface area contributed by atoms with Crippen LogP contribution >= 0.6 is 11.3 Å². The molecule has 2 rings (SSSR count). The predicted molar refractivity (Wildman–Crippen MR) is 81.7 cm³/mol. The SMILES string of the molecule is Cc1nn(CC(=O)NC(C)Cc2cccs2)c(C)c1N. The first kappa shape index (κ1) is 14.6. The number of nitrogens with one attached hydrogen (secondary N) is 1. The molecule has 2 aromatic rings. The smallest absolute Gasteiger partial charge is 0.241 e. The summed E-state index contributed by atoms with van der Waals surface area (Å²) in [6.45, 7) is 5.93. The maximum atomic E-state index is 12.0. The van der Waals surface area contributed by atoms with Crippen molar-refractivity contribution in [3.05, 3.63) is 33.8 Å². The minimum absolute atomic E-state index is 0.0420. The van der Waals surface area contributed by atoms with Crippen molar-refractivity contribution in [2.24, 2.45) is 0 Å². The Labute approximate surface area is 122 Å². The summed E-state index contributed by atoms with van der Waals surface area (Å²) in [7, 11) is 0. The molecule has 2 aromatic heterocycles. The van der Waals surface area contributed by atoms with Crippen molar-refractivity contribution in [3.63, 3.8) is 0 Å². The third-order valence-corrected chi connectivity index (χ3v) is 4.12. The summed E-state index contributed by atoms with van der Waals surface area (Å²) in [5.41, 5.74) is 8.12. The minimum Gasteiger partial charge on any atom is -0.396 e. The number of nitrogens with two attached hydrogens (primary N) is 1. The number of carbonyl (C=O) groups is 1. The summed E-state index contributed by atoms with van der Waals surface area (Å²) in [5, 5.41) is 9.30. The Morgan fingerprint density at radius 1 is 1.55 bits per heavy atom. The number of aromatic nitrogens is 2. The fourth-order valence-electron chi connectivity index (χ4n) is 2.10. The zero-order chi connectivity index (χ0) is 14.7. The lowest BCUT2D eigenvalue weighted by atomic mass is 10.2. The van der Waals surface area contributed by atoms with Crippen LogP contribution in [0.15, 0.2) is 17.5 Å². The number of thiophene rings is 1. The van der Waals surface area contributed by atoms with E-state index in [0.717, 1.165) is 17.8 Å². The number of nitrogen functional groups attached to an aromatic ring is 1. The van der Waals surface area contributed by atoms with Crippen molar-refractivity contribution in [1.82, 2.24) is 15.1 Å². The summed E-state index contributed by atoms with van der Waals surface area (Å²) in [4.78, 5) is 13.3. The number of carbonyl (C=O) groups excluding carboxylic acids is 1. The number of hydrogen-bond acceptors (Lipinski definition) is 4. The Hall–Kier alpha value is -1.82. The van der Waals surface area contributed by atoms with Gasteiger partial charge >= 0.3 is 0 Å². The van der Waals surface area contributed by atoms with Gasteiger partial charge in [-0.1, -0.05) is 6.07 Å². The largest absolute Gasteiger partial charge is 0.396 e. The molecule has 108 valence electrons. The molecule has 0 aliphatic rings. The molecule has 2 heterocycles. The second-order valence-corrected chi connectivity index (χ2v) is 6.03. The molecule has 0 spiro atoms. The van der Waals surface area contributed by atoms with Gasteiger partial charge in [-0.05, 0) is 32.2 Å². The number of hydrogen-bond donors (Lipinski definition) is 2. The van der Waals surface area contributed by atoms with Crippen LogP contribution in [0.1, 0.15) is 23.2 Å². The molecule has 5 nitrogen and oxygen atoms in total. The van der Waals surface area contributed by atoms with E-state index in [-0.39, 0.29) is 18.5 Å². The highest BCUT2D eigenvalue weighted by Crippen LogP contribution is 2.14. The average molecular weight is 292 g/mol. The van der Waals surface area contributed by atoms with E-state index in [9.17, 15) is 4.79 Å². The molecule has 0 radical (unpaired) electrons. The van der Waals surface area contributed by atoms with Crippen molar-refractivity contribution in [2.75, 3.05) is 5.73 Å². The average Bonchev–Trinajstić information content (AvgIpc) is 2.95. The molecule has 6 heteroatoms. The van der Waals surface area contributed by atoms with Gasteiger partial charge in [0.15, 0.2) is 0 Å². The fraction of sp³-hybridized carbons (Fsp3) is 0.429. The maximum absolute atomic E-state index is 12.0. The summed E-state index contributed by atoms with van der Waals surface area (Å²) < 4.78 is 1.65. The van der Waals surface area contributed by atoms with Gasteiger partial charge < -0.3 is 11.1 Å². The van der Waals surface area contributed by atoms with Crippen LogP contribution in [-0.2, 0) is 17.8 Å². The third-order valence-electron chi connectivity index (χ3n) is 3.23. The monoisotopic (exact) mass is 292 g/mol. The minimum atomic E-state index is -0.0420. The number of aryl methyl sites for hydroxylation is 1. The summed E-state index contributed by atoms with van der Waals surface area (Å²) in [5.74, 6) is -0.0420. The van der Waals surface area contributed by atoms with Crippen LogP contribution in [0.2, 0.25) is 0 Å². The quantitative estimate of drug-likeness (QED) is 0.884. The topological polar surface area (TPSA) is 72.9 Å². The van der Waals surface area contributed by atoms with Crippen LogP contribution in [0.4, 0.5) is 5.69 Å². The normalized spacial score (nSPS) is 12.3. The molecule has 0 bridgehead atoms. The summed E-state index contributed by atoms with van der Waals surface area (Å²) in [6.07, 6.45) is 0.850. The number of nitrogens with zero attached hydrogens (tertiary/aromatic N) is 2. The van der Waals surface area contributed by atoms with Gasteiger partial charge in [-0.3, -0.25) is 9.48 Å². The zero-order valence-corrected chi connectivity index (χ0v) is 12.8. The number of amides is 1. The van der Waals surface area contributed by atoms with E-state index in [2.05, 4.69) is 16.5 Å². The first-order valence-electron chi connectivity index (χ1n) is 6.58. The fourth-order valence-corrected chi connectivity index (χ4v) is 2.94. The van der Waals surface area contributed by atoms with Crippen molar-refractivity contribution < 1.29 is 4.79 Å². The highest BCUT2D eigenvalue weighted by molar-refractivity contribution is 7.09. The molecule has 0 saturated heterocycles. The molecule has 0 aromatic carbocycles. The first-order valence-corrected chi connectivity index (χ1v) is 7.46. The molecule has 0 aliphatic heterocycles. The van der Waals surface area contributed by atoms with Gasteiger partial charge in [0.1, 0.15) is 6.54 Å². The van der Waals surface area contributed by atoms with E-state index < -0.39 is 0 Å². The molecule has 1 atom stereocenters. The lowest BCUT2D eigenvalue weighted by molar-refractivity contribution is -0.122. The Morgan fingerprint density at radius 2 is 2.30 bits per heavy atom. The van der Waals surface area contributed by atoms with Crippen LogP contribution in [0, 0.1) is 13.8 Å². The lowest BCUT2D eigenvalue weighted by Crippen LogP contribution is -2.36. The zero-order valence-electron chi connectivity index (χ0n) is 12.0. The molecule has 3 N–H and O–H groups in total. The lowest BCUT2D eigenvalue weighted by Gasteiger charge is -2.13. The summed E-state index contributed by atoms with van der Waals surface area (Å²) >= 11 is 1.70. The highest BCUT2D eigenvalue weighted by Gasteiger charge is 2.13. The van der Waals surface area contributed by atoms with Gasteiger partial charge in [0.25, 0.3) is 0 Å². The Morgan fingerprint density at radius 3 is 2.85 bits per heavy atom. The Bertz CT molecular complexity index is 589. The van der Waals surface area contributed by atoms with Gasteiger partial charge in [-0.2, -0.15) is 5.10 Å². The number of rotatable bonds is 5. The van der Waals surface area contributed by atoms with Crippen molar-refractivity contribution in [3.8, 4) is 0 Å². The molecular weight excluding hydrogens is 272 g/mol. The molecule has 0 aliphatic carbocycles. The Kier molecular flexibility index (Phi) is 4.44. The second kappa shape index (κ2) is 6.09. The van der Waals surface area contributed by atoms with Gasteiger partial charge in [0.05, 0.1) is 17.1 Å². The van der Waals surface area contributed by atoms with Crippen LogP contribution in [0.25, 0.3) is 0 Å². The molecule has 0 fully saturated rings. The van der Waals surface area contributed by atoms with Crippen LogP contribution in [0.5, 0.6) is 0 Å².